The molecule has 1 amide bonds. The van der Waals surface area contributed by atoms with Gasteiger partial charge in [-0.25, -0.2) is 9.59 Å². The highest BCUT2D eigenvalue weighted by Gasteiger charge is 2.37. The number of carbonyl (C=O) groups excluding carboxylic acids is 3. The first-order valence-corrected chi connectivity index (χ1v) is 8.70. The van der Waals surface area contributed by atoms with E-state index in [0.29, 0.717) is 22.5 Å². The lowest BCUT2D eigenvalue weighted by Gasteiger charge is -2.18. The Hall–Kier alpha value is -3.87. The summed E-state index contributed by atoms with van der Waals surface area (Å²) in [4.78, 5) is 38.6. The van der Waals surface area contributed by atoms with Crippen LogP contribution in [0.2, 0.25) is 0 Å². The molecule has 0 unspecified atom stereocenters. The second kappa shape index (κ2) is 8.02. The van der Waals surface area contributed by atoms with Gasteiger partial charge in [-0.3, -0.25) is 9.69 Å². The molecule has 1 aliphatic heterocycles. The minimum absolute atomic E-state index is 0.0946. The van der Waals surface area contributed by atoms with E-state index in [1.165, 1.54) is 31.3 Å². The molecular weight excluding hydrogens is 374 g/mol. The van der Waals surface area contributed by atoms with Gasteiger partial charge >= 0.3 is 11.9 Å². The predicted molar refractivity (Wildman–Crippen MR) is 106 cm³/mol. The number of hydrogen-bond donors (Lipinski definition) is 1. The lowest BCUT2D eigenvalue weighted by atomic mass is 10.0. The Kier molecular flexibility index (Phi) is 5.50. The van der Waals surface area contributed by atoms with Crippen LogP contribution in [0, 0.1) is 0 Å². The quantitative estimate of drug-likeness (QED) is 0.634. The number of esters is 2. The monoisotopic (exact) mass is 393 g/mol. The third-order valence-electron chi connectivity index (χ3n) is 4.54. The molecule has 1 N–H and O–H groups in total. The van der Waals surface area contributed by atoms with E-state index in [-0.39, 0.29) is 16.9 Å². The van der Waals surface area contributed by atoms with Crippen molar-refractivity contribution in [2.75, 3.05) is 19.1 Å². The van der Waals surface area contributed by atoms with E-state index in [0.717, 1.165) is 0 Å². The maximum absolute atomic E-state index is 13.2. The summed E-state index contributed by atoms with van der Waals surface area (Å²) in [5.41, 5.74) is 2.23. The van der Waals surface area contributed by atoms with Gasteiger partial charge in [-0.2, -0.15) is 0 Å². The summed E-state index contributed by atoms with van der Waals surface area (Å²) < 4.78 is 9.55. The third-order valence-corrected chi connectivity index (χ3v) is 4.54. The number of amides is 1. The molecular formula is C22H19NO6. The van der Waals surface area contributed by atoms with Crippen LogP contribution < -0.4 is 4.90 Å². The lowest BCUT2D eigenvalue weighted by Crippen LogP contribution is -2.24. The maximum Gasteiger partial charge on any atom is 0.340 e. The van der Waals surface area contributed by atoms with Crippen LogP contribution in [0.25, 0.3) is 6.08 Å². The van der Waals surface area contributed by atoms with Crippen molar-refractivity contribution < 1.29 is 29.0 Å². The molecule has 3 rings (SSSR count). The molecule has 1 heterocycles. The molecule has 0 fully saturated rings. The highest BCUT2D eigenvalue weighted by atomic mass is 16.5. The topological polar surface area (TPSA) is 93.1 Å². The van der Waals surface area contributed by atoms with Crippen LogP contribution >= 0.6 is 0 Å². The van der Waals surface area contributed by atoms with Gasteiger partial charge in [-0.15, -0.1) is 0 Å². The van der Waals surface area contributed by atoms with E-state index in [1.807, 2.05) is 0 Å². The molecule has 1 aliphatic rings. The minimum atomic E-state index is -0.630. The minimum Gasteiger partial charge on any atom is -0.508 e. The molecule has 0 aliphatic carbocycles. The molecule has 0 atom stereocenters. The highest BCUT2D eigenvalue weighted by molar-refractivity contribution is 6.23. The van der Waals surface area contributed by atoms with Crippen molar-refractivity contribution in [1.29, 1.82) is 0 Å². The molecule has 0 spiro atoms. The summed E-state index contributed by atoms with van der Waals surface area (Å²) >= 11 is 0. The third kappa shape index (κ3) is 3.75. The second-order valence-corrected chi connectivity index (χ2v) is 6.28. The average Bonchev–Trinajstić information content (AvgIpc) is 2.98. The first-order valence-electron chi connectivity index (χ1n) is 8.70. The van der Waals surface area contributed by atoms with Crippen molar-refractivity contribution in [2.45, 2.75) is 6.92 Å². The van der Waals surface area contributed by atoms with Crippen molar-refractivity contribution >= 4 is 29.6 Å². The van der Waals surface area contributed by atoms with Crippen LogP contribution in [0.3, 0.4) is 0 Å². The number of benzene rings is 2. The van der Waals surface area contributed by atoms with Crippen LogP contribution in [0.5, 0.6) is 5.75 Å². The van der Waals surface area contributed by atoms with Crippen molar-refractivity contribution in [3.63, 3.8) is 0 Å². The molecule has 2 aromatic rings. The fourth-order valence-electron chi connectivity index (χ4n) is 3.09. The van der Waals surface area contributed by atoms with E-state index in [4.69, 9.17) is 4.74 Å². The summed E-state index contributed by atoms with van der Waals surface area (Å²) in [6.07, 6.45) is 1.57. The number of anilines is 1. The Bertz CT molecular complexity index is 1030. The normalized spacial score (nSPS) is 15.1. The second-order valence-electron chi connectivity index (χ2n) is 6.28. The molecule has 0 radical (unpaired) electrons. The Morgan fingerprint density at radius 3 is 2.07 bits per heavy atom. The summed E-state index contributed by atoms with van der Waals surface area (Å²) in [5, 5.41) is 9.45. The van der Waals surface area contributed by atoms with Crippen molar-refractivity contribution in [2.24, 2.45) is 0 Å². The van der Waals surface area contributed by atoms with Crippen molar-refractivity contribution in [3.05, 3.63) is 76.5 Å². The van der Waals surface area contributed by atoms with Gasteiger partial charge in [0.2, 0.25) is 0 Å². The number of aromatic hydroxyl groups is 1. The van der Waals surface area contributed by atoms with E-state index in [2.05, 4.69) is 4.74 Å². The molecule has 0 bridgehead atoms. The molecule has 0 aromatic heterocycles. The van der Waals surface area contributed by atoms with Gasteiger partial charge in [0.15, 0.2) is 0 Å². The molecule has 7 heteroatoms. The predicted octanol–water partition coefficient (Wildman–Crippen LogP) is 3.06. The number of hydrogen-bond acceptors (Lipinski definition) is 6. The van der Waals surface area contributed by atoms with E-state index < -0.39 is 17.8 Å². The molecule has 2 aromatic carbocycles. The van der Waals surface area contributed by atoms with Crippen LogP contribution in [0.15, 0.2) is 65.4 Å². The SMILES string of the molecule is COC(=O)C1=C(C)N(c2ccc(C(=O)OC)cc2)C(=O)/C1=C\c1ccc(O)cc1. The van der Waals surface area contributed by atoms with E-state index in [1.54, 1.807) is 49.4 Å². The van der Waals surface area contributed by atoms with Gasteiger partial charge in [0.25, 0.3) is 5.91 Å². The first kappa shape index (κ1) is 19.9. The van der Waals surface area contributed by atoms with Crippen molar-refractivity contribution in [3.8, 4) is 5.75 Å². The Morgan fingerprint density at radius 2 is 1.52 bits per heavy atom. The molecule has 7 nitrogen and oxygen atoms in total. The molecule has 0 saturated heterocycles. The molecule has 148 valence electrons. The number of allylic oxidation sites excluding steroid dienone is 1. The summed E-state index contributed by atoms with van der Waals surface area (Å²) in [6, 6.07) is 12.5. The van der Waals surface area contributed by atoms with Gasteiger partial charge in [-0.05, 0) is 55.0 Å². The van der Waals surface area contributed by atoms with Crippen molar-refractivity contribution in [1.82, 2.24) is 0 Å². The highest BCUT2D eigenvalue weighted by Crippen LogP contribution is 2.35. The van der Waals surface area contributed by atoms with Gasteiger partial charge in [-0.1, -0.05) is 12.1 Å². The zero-order chi connectivity index (χ0) is 21.1. The zero-order valence-corrected chi connectivity index (χ0v) is 16.1. The van der Waals surface area contributed by atoms with Gasteiger partial charge < -0.3 is 14.6 Å². The molecule has 29 heavy (non-hydrogen) atoms. The number of nitrogens with zero attached hydrogens (tertiary/aromatic N) is 1. The number of phenols is 1. The fraction of sp³-hybridized carbons (Fsp3) is 0.136. The standard InChI is InChI=1S/C22H19NO6/c1-13-19(22(27)29-3)18(12-14-4-10-17(24)11-5-14)20(25)23(13)16-8-6-15(7-9-16)21(26)28-2/h4-12,24H,1-3H3/b18-12-. The summed E-state index contributed by atoms with van der Waals surface area (Å²) in [5.74, 6) is -1.42. The van der Waals surface area contributed by atoms with E-state index in [9.17, 15) is 19.5 Å². The van der Waals surface area contributed by atoms with Crippen LogP contribution in [0.1, 0.15) is 22.8 Å². The number of methoxy groups -OCH3 is 2. The maximum atomic E-state index is 13.2. The largest absolute Gasteiger partial charge is 0.508 e. The van der Waals surface area contributed by atoms with E-state index >= 15 is 0 Å². The van der Waals surface area contributed by atoms with Crippen LogP contribution in [0.4, 0.5) is 5.69 Å². The number of ether oxygens (including phenoxy) is 2. The summed E-state index contributed by atoms with van der Waals surface area (Å²) in [6.45, 7) is 1.65. The number of phenolic OH excluding ortho intramolecular Hbond substituents is 1. The fourth-order valence-corrected chi connectivity index (χ4v) is 3.09. The Morgan fingerprint density at radius 1 is 0.931 bits per heavy atom. The first-order chi connectivity index (χ1) is 13.9. The van der Waals surface area contributed by atoms with Gasteiger partial charge in [0.1, 0.15) is 5.75 Å². The van der Waals surface area contributed by atoms with Crippen LogP contribution in [-0.2, 0) is 19.1 Å². The molecule has 0 saturated carbocycles. The van der Waals surface area contributed by atoms with Gasteiger partial charge in [0.05, 0.1) is 30.9 Å². The Labute approximate surface area is 167 Å². The summed E-state index contributed by atoms with van der Waals surface area (Å²) in [7, 11) is 2.54. The smallest absolute Gasteiger partial charge is 0.340 e. The van der Waals surface area contributed by atoms with Crippen LogP contribution in [-0.4, -0.2) is 37.2 Å². The van der Waals surface area contributed by atoms with Gasteiger partial charge in [0, 0.05) is 11.4 Å². The average molecular weight is 393 g/mol. The number of rotatable bonds is 4. The lowest BCUT2D eigenvalue weighted by molar-refractivity contribution is -0.136. The zero-order valence-electron chi connectivity index (χ0n) is 16.1. The Balaban J connectivity index is 2.06. The number of carbonyl (C=O) groups is 3.